The fraction of sp³-hybridized carbons (Fsp3) is 0.520. The number of carbonyl (C=O) groups excluding carboxylic acids is 1. The summed E-state index contributed by atoms with van der Waals surface area (Å²) in [5.74, 6) is 0.647. The van der Waals surface area contributed by atoms with Gasteiger partial charge in [0.05, 0.1) is 16.8 Å². The van der Waals surface area contributed by atoms with Gasteiger partial charge < -0.3 is 26.3 Å². The normalized spacial score (nSPS) is 18.9. The highest BCUT2D eigenvalue weighted by atomic mass is 35.5. The fourth-order valence-electron chi connectivity index (χ4n) is 5.29. The molecule has 1 aromatic carbocycles. The Morgan fingerprint density at radius 3 is 2.52 bits per heavy atom. The van der Waals surface area contributed by atoms with Crippen molar-refractivity contribution in [1.29, 1.82) is 0 Å². The van der Waals surface area contributed by atoms with E-state index >= 15 is 0 Å². The molecule has 1 amide bonds. The number of benzene rings is 1. The molecule has 0 radical (unpaired) electrons. The number of nitrogens with one attached hydrogen (secondary N) is 3. The van der Waals surface area contributed by atoms with Crippen molar-refractivity contribution in [2.24, 2.45) is 5.73 Å². The highest BCUT2D eigenvalue weighted by molar-refractivity contribution is 6.35. The minimum atomic E-state index is -0.612. The zero-order valence-corrected chi connectivity index (χ0v) is 24.2. The van der Waals surface area contributed by atoms with E-state index in [0.717, 1.165) is 44.2 Å². The highest BCUT2D eigenvalue weighted by Gasteiger charge is 2.24. The summed E-state index contributed by atoms with van der Waals surface area (Å²) in [7, 11) is 0. The van der Waals surface area contributed by atoms with Crippen LogP contribution in [0.1, 0.15) is 67.8 Å². The van der Waals surface area contributed by atoms with E-state index in [4.69, 9.17) is 27.3 Å². The lowest BCUT2D eigenvalue weighted by Crippen LogP contribution is -2.33. The van der Waals surface area contributed by atoms with Crippen molar-refractivity contribution < 1.29 is 9.72 Å². The van der Waals surface area contributed by atoms with Crippen LogP contribution >= 0.6 is 36.4 Å². The number of hydrogen-bond donors (Lipinski definition) is 4. The molecule has 0 bridgehead atoms. The van der Waals surface area contributed by atoms with Gasteiger partial charge in [0.15, 0.2) is 17.0 Å². The topological polar surface area (TPSA) is 166 Å². The van der Waals surface area contributed by atoms with Crippen molar-refractivity contribution in [3.63, 3.8) is 0 Å². The Kier molecular flexibility index (Phi) is 11.1. The lowest BCUT2D eigenvalue weighted by Gasteiger charge is -2.27. The number of imidazole rings is 1. The smallest absolute Gasteiger partial charge is 0.288 e. The summed E-state index contributed by atoms with van der Waals surface area (Å²) in [5.41, 5.74) is 7.29. The van der Waals surface area contributed by atoms with Gasteiger partial charge in [-0.05, 0) is 44.6 Å². The van der Waals surface area contributed by atoms with Crippen LogP contribution in [-0.2, 0) is 0 Å². The summed E-state index contributed by atoms with van der Waals surface area (Å²) < 4.78 is 2.16. The average molecular weight is 615 g/mol. The second-order valence-corrected chi connectivity index (χ2v) is 10.4. The Balaban J connectivity index is 0.00000220. The second-order valence-electron chi connectivity index (χ2n) is 9.99. The predicted octanol–water partition coefficient (Wildman–Crippen LogP) is 4.87. The van der Waals surface area contributed by atoms with Gasteiger partial charge >= 0.3 is 0 Å². The molecule has 2 aliphatic carbocycles. The molecule has 40 heavy (non-hydrogen) atoms. The second kappa shape index (κ2) is 14.1. The number of rotatable bonds is 9. The van der Waals surface area contributed by atoms with E-state index in [9.17, 15) is 14.9 Å². The van der Waals surface area contributed by atoms with Crippen LogP contribution in [0.15, 0.2) is 24.5 Å². The number of nitrogens with two attached hydrogens (primary N) is 1. The fourth-order valence-corrected chi connectivity index (χ4v) is 5.57. The molecule has 3 aromatic rings. The number of anilines is 2. The minimum absolute atomic E-state index is 0. The summed E-state index contributed by atoms with van der Waals surface area (Å²) in [6.07, 6.45) is 10.3. The summed E-state index contributed by atoms with van der Waals surface area (Å²) in [6.45, 7) is 0.606. The van der Waals surface area contributed by atoms with E-state index in [1.54, 1.807) is 0 Å². The molecule has 0 saturated heterocycles. The van der Waals surface area contributed by atoms with Crippen molar-refractivity contribution in [3.05, 3.63) is 45.2 Å². The number of fused-ring (bicyclic) bond motifs is 1. The Hall–Kier alpha value is -2.93. The molecule has 5 N–H and O–H groups in total. The Morgan fingerprint density at radius 2 is 1.82 bits per heavy atom. The number of hydrogen-bond acceptors (Lipinski definition) is 9. The highest BCUT2D eigenvalue weighted by Crippen LogP contribution is 2.33. The first-order valence-electron chi connectivity index (χ1n) is 13.1. The summed E-state index contributed by atoms with van der Waals surface area (Å²) in [6, 6.07) is 5.05. The van der Waals surface area contributed by atoms with E-state index in [2.05, 4.69) is 25.5 Å². The molecule has 0 spiro atoms. The number of amides is 1. The summed E-state index contributed by atoms with van der Waals surface area (Å²) in [4.78, 5) is 37.3. The van der Waals surface area contributed by atoms with Crippen LogP contribution < -0.4 is 21.7 Å². The quantitative estimate of drug-likeness (QED) is 0.149. The number of nitrogens with zero attached hydrogens (tertiary/aromatic N) is 5. The monoisotopic (exact) mass is 613 g/mol. The van der Waals surface area contributed by atoms with Gasteiger partial charge in [-0.25, -0.2) is 4.98 Å². The molecule has 0 aliphatic heterocycles. The number of nitro groups is 1. The maximum absolute atomic E-state index is 12.6. The molecule has 218 valence electrons. The number of carbonyl (C=O) groups is 1. The molecule has 2 heterocycles. The van der Waals surface area contributed by atoms with Gasteiger partial charge in [0.2, 0.25) is 5.95 Å². The van der Waals surface area contributed by atoms with Crippen molar-refractivity contribution in [1.82, 2.24) is 24.8 Å². The van der Waals surface area contributed by atoms with Crippen molar-refractivity contribution in [2.45, 2.75) is 69.5 Å². The molecule has 12 nitrogen and oxygen atoms in total. The van der Waals surface area contributed by atoms with Crippen LogP contribution in [0, 0.1) is 10.1 Å². The first-order valence-corrected chi connectivity index (χ1v) is 13.5. The number of nitro benzene ring substituents is 1. The molecule has 0 atom stereocenters. The van der Waals surface area contributed by atoms with Crippen molar-refractivity contribution >= 4 is 70.9 Å². The van der Waals surface area contributed by atoms with Gasteiger partial charge in [0.25, 0.3) is 11.6 Å². The average Bonchev–Trinajstić information content (AvgIpc) is 3.58. The SMILES string of the molecule is Cl.Cl.NC1CCC(Nc2nc(NCCNC(=O)c3cccc([N+](=O)[O-])c3Cl)c3ncn(C4CCCC4)c3n2)CC1. The third-order valence-corrected chi connectivity index (χ3v) is 7.76. The van der Waals surface area contributed by atoms with Gasteiger partial charge in [0, 0.05) is 37.3 Å². The van der Waals surface area contributed by atoms with Crippen molar-refractivity contribution in [3.8, 4) is 0 Å². The van der Waals surface area contributed by atoms with Crippen LogP contribution in [0.4, 0.5) is 17.5 Å². The first-order chi connectivity index (χ1) is 18.4. The Bertz CT molecular complexity index is 1330. The molecule has 2 aromatic heterocycles. The van der Waals surface area contributed by atoms with Crippen LogP contribution in [0.5, 0.6) is 0 Å². The first kappa shape index (κ1) is 31.6. The van der Waals surface area contributed by atoms with E-state index in [1.807, 2.05) is 6.33 Å². The van der Waals surface area contributed by atoms with Crippen molar-refractivity contribution in [2.75, 3.05) is 23.7 Å². The number of aromatic nitrogens is 4. The van der Waals surface area contributed by atoms with Gasteiger partial charge in [-0.3, -0.25) is 14.9 Å². The third-order valence-electron chi connectivity index (χ3n) is 7.37. The third kappa shape index (κ3) is 7.03. The van der Waals surface area contributed by atoms with E-state index < -0.39 is 10.8 Å². The van der Waals surface area contributed by atoms with Gasteiger partial charge in [0.1, 0.15) is 5.02 Å². The zero-order valence-electron chi connectivity index (χ0n) is 21.8. The standard InChI is InChI=1S/C25H32ClN9O3.2ClH/c26-20-18(6-3-7-19(20)35(37)38)24(36)29-13-12-28-22-21-23(34(14-30-21)17-4-1-2-5-17)33-25(32-22)31-16-10-8-15(27)9-11-16;;/h3,6-7,14-17H,1-2,4-5,8-13,27H2,(H,29,36)(H2,28,31,32,33);2*1H. The Morgan fingerprint density at radius 1 is 1.10 bits per heavy atom. The van der Waals surface area contributed by atoms with Crippen LogP contribution in [-0.4, -0.2) is 55.5 Å². The molecule has 2 aliphatic rings. The van der Waals surface area contributed by atoms with Gasteiger partial charge in [-0.2, -0.15) is 9.97 Å². The van der Waals surface area contributed by atoms with E-state index in [-0.39, 0.29) is 59.7 Å². The van der Waals surface area contributed by atoms with Gasteiger partial charge in [-0.1, -0.05) is 30.5 Å². The van der Waals surface area contributed by atoms with Gasteiger partial charge in [-0.15, -0.1) is 24.8 Å². The summed E-state index contributed by atoms with van der Waals surface area (Å²) in [5, 5.41) is 20.5. The lowest BCUT2D eigenvalue weighted by molar-refractivity contribution is -0.384. The largest absolute Gasteiger partial charge is 0.366 e. The molecule has 2 saturated carbocycles. The van der Waals surface area contributed by atoms with Crippen LogP contribution in [0.3, 0.4) is 0 Å². The molecular formula is C25H34Cl3N9O3. The number of halogens is 3. The van der Waals surface area contributed by atoms with Crippen LogP contribution in [0.2, 0.25) is 5.02 Å². The molecule has 2 fully saturated rings. The zero-order chi connectivity index (χ0) is 26.6. The van der Waals surface area contributed by atoms with E-state index in [0.29, 0.717) is 29.9 Å². The molecule has 15 heteroatoms. The van der Waals surface area contributed by atoms with Crippen LogP contribution in [0.25, 0.3) is 11.2 Å². The molecule has 0 unspecified atom stereocenters. The maximum atomic E-state index is 12.6. The molecule has 5 rings (SSSR count). The predicted molar refractivity (Wildman–Crippen MR) is 160 cm³/mol. The maximum Gasteiger partial charge on any atom is 0.288 e. The Labute approximate surface area is 249 Å². The minimum Gasteiger partial charge on any atom is -0.366 e. The van der Waals surface area contributed by atoms with E-state index in [1.165, 1.54) is 31.0 Å². The summed E-state index contributed by atoms with van der Waals surface area (Å²) >= 11 is 6.07. The lowest BCUT2D eigenvalue weighted by atomic mass is 9.92. The molecular weight excluding hydrogens is 581 g/mol.